The highest BCUT2D eigenvalue weighted by Gasteiger charge is 2.29. The molecule has 0 saturated carbocycles. The van der Waals surface area contributed by atoms with E-state index in [1.165, 1.54) is 5.56 Å². The molecule has 0 saturated heterocycles. The molecular formula is C19H20N2O2. The summed E-state index contributed by atoms with van der Waals surface area (Å²) in [6, 6.07) is 16.3. The molecular weight excluding hydrogens is 288 g/mol. The zero-order chi connectivity index (χ0) is 16.2. The lowest BCUT2D eigenvalue weighted by Crippen LogP contribution is -2.40. The van der Waals surface area contributed by atoms with E-state index in [1.54, 1.807) is 12.1 Å². The first-order valence-corrected chi connectivity index (χ1v) is 7.89. The predicted octanol–water partition coefficient (Wildman–Crippen LogP) is 2.45. The Labute approximate surface area is 135 Å². The van der Waals surface area contributed by atoms with E-state index in [0.29, 0.717) is 5.56 Å². The minimum Gasteiger partial charge on any atom is -0.368 e. The van der Waals surface area contributed by atoms with Crippen LogP contribution in [0.25, 0.3) is 0 Å². The number of nitrogens with two attached hydrogens (primary N) is 1. The maximum atomic E-state index is 12.7. The van der Waals surface area contributed by atoms with Crippen molar-refractivity contribution in [2.24, 2.45) is 5.73 Å². The quantitative estimate of drug-likeness (QED) is 0.910. The van der Waals surface area contributed by atoms with Crippen molar-refractivity contribution >= 4 is 11.8 Å². The Morgan fingerprint density at radius 1 is 1.04 bits per heavy atom. The minimum atomic E-state index is -0.794. The van der Waals surface area contributed by atoms with Crippen molar-refractivity contribution < 1.29 is 9.59 Å². The third-order valence-corrected chi connectivity index (χ3v) is 4.39. The van der Waals surface area contributed by atoms with Gasteiger partial charge in [0.15, 0.2) is 0 Å². The van der Waals surface area contributed by atoms with E-state index in [2.05, 4.69) is 11.4 Å². The van der Waals surface area contributed by atoms with E-state index in [0.717, 1.165) is 24.8 Å². The molecule has 0 aliphatic heterocycles. The highest BCUT2D eigenvalue weighted by atomic mass is 16.2. The smallest absolute Gasteiger partial charge is 0.244 e. The van der Waals surface area contributed by atoms with Crippen molar-refractivity contribution in [3.05, 3.63) is 71.3 Å². The Morgan fingerprint density at radius 3 is 2.48 bits per heavy atom. The topological polar surface area (TPSA) is 72.2 Å². The van der Waals surface area contributed by atoms with Gasteiger partial charge >= 0.3 is 0 Å². The van der Waals surface area contributed by atoms with Crippen molar-refractivity contribution in [1.82, 2.24) is 5.32 Å². The lowest BCUT2D eigenvalue weighted by Gasteiger charge is -2.26. The van der Waals surface area contributed by atoms with Crippen molar-refractivity contribution in [1.29, 1.82) is 0 Å². The fourth-order valence-electron chi connectivity index (χ4n) is 3.23. The van der Waals surface area contributed by atoms with E-state index in [4.69, 9.17) is 5.73 Å². The van der Waals surface area contributed by atoms with Crippen molar-refractivity contribution in [2.75, 3.05) is 0 Å². The number of carbonyl (C=O) groups excluding carboxylic acids is 2. The molecule has 0 spiro atoms. The Balaban J connectivity index is 1.82. The standard InChI is InChI=1S/C19H20N2O2/c20-18(22)17(14-8-2-1-3-9-14)21-19(23)16-12-6-10-13-7-4-5-11-15(13)16/h1-5,7-9,11,16-17H,6,10,12H2,(H2,20,22)(H,21,23)/t16-,17+/m0/s1. The van der Waals surface area contributed by atoms with Crippen LogP contribution in [0.1, 0.15) is 41.5 Å². The largest absolute Gasteiger partial charge is 0.368 e. The number of amides is 2. The number of benzene rings is 2. The maximum absolute atomic E-state index is 12.7. The van der Waals surface area contributed by atoms with Gasteiger partial charge in [-0.15, -0.1) is 0 Å². The predicted molar refractivity (Wildman–Crippen MR) is 88.6 cm³/mol. The first kappa shape index (κ1) is 15.3. The van der Waals surface area contributed by atoms with Crippen LogP contribution in [0.3, 0.4) is 0 Å². The van der Waals surface area contributed by atoms with Crippen LogP contribution in [0.2, 0.25) is 0 Å². The number of primary amides is 1. The monoisotopic (exact) mass is 308 g/mol. The first-order chi connectivity index (χ1) is 11.2. The summed E-state index contributed by atoms with van der Waals surface area (Å²) in [5.74, 6) is -0.899. The fraction of sp³-hybridized carbons (Fsp3) is 0.263. The summed E-state index contributed by atoms with van der Waals surface area (Å²) < 4.78 is 0. The number of nitrogens with one attached hydrogen (secondary N) is 1. The molecule has 0 unspecified atom stereocenters. The normalized spacial score (nSPS) is 17.8. The molecule has 0 radical (unpaired) electrons. The Kier molecular flexibility index (Phi) is 4.42. The van der Waals surface area contributed by atoms with Crippen LogP contribution in [0.15, 0.2) is 54.6 Å². The molecule has 0 aromatic heterocycles. The minimum absolute atomic E-state index is 0.134. The van der Waals surface area contributed by atoms with Crippen LogP contribution in [-0.4, -0.2) is 11.8 Å². The molecule has 0 heterocycles. The second-order valence-electron chi connectivity index (χ2n) is 5.90. The molecule has 2 aromatic carbocycles. The second-order valence-corrected chi connectivity index (χ2v) is 5.90. The van der Waals surface area contributed by atoms with E-state index in [-0.39, 0.29) is 11.8 Å². The lowest BCUT2D eigenvalue weighted by molar-refractivity contribution is -0.128. The van der Waals surface area contributed by atoms with Crippen molar-refractivity contribution in [3.8, 4) is 0 Å². The summed E-state index contributed by atoms with van der Waals surface area (Å²) in [6.07, 6.45) is 2.77. The molecule has 1 aliphatic carbocycles. The SMILES string of the molecule is NC(=O)[C@H](NC(=O)[C@H]1CCCc2ccccc21)c1ccccc1. The summed E-state index contributed by atoms with van der Waals surface area (Å²) in [6.45, 7) is 0. The molecule has 4 nitrogen and oxygen atoms in total. The third kappa shape index (κ3) is 3.26. The molecule has 1 aliphatic rings. The Bertz CT molecular complexity index is 712. The van der Waals surface area contributed by atoms with Gasteiger partial charge in [0.2, 0.25) is 11.8 Å². The summed E-state index contributed by atoms with van der Waals surface area (Å²) in [5, 5.41) is 2.83. The van der Waals surface area contributed by atoms with Gasteiger partial charge in [0.25, 0.3) is 0 Å². The number of hydrogen-bond acceptors (Lipinski definition) is 2. The first-order valence-electron chi connectivity index (χ1n) is 7.89. The van der Waals surface area contributed by atoms with Gasteiger partial charge in [-0.05, 0) is 36.0 Å². The molecule has 2 atom stereocenters. The number of fused-ring (bicyclic) bond motifs is 1. The summed E-state index contributed by atoms with van der Waals surface area (Å²) >= 11 is 0. The van der Waals surface area contributed by atoms with Gasteiger partial charge < -0.3 is 11.1 Å². The number of aryl methyl sites for hydroxylation is 1. The van der Waals surface area contributed by atoms with E-state index in [1.807, 2.05) is 36.4 Å². The molecule has 0 fully saturated rings. The molecule has 2 aromatic rings. The van der Waals surface area contributed by atoms with Crippen LogP contribution < -0.4 is 11.1 Å². The average Bonchev–Trinajstić information content (AvgIpc) is 2.59. The van der Waals surface area contributed by atoms with Crippen molar-refractivity contribution in [3.63, 3.8) is 0 Å². The number of hydrogen-bond donors (Lipinski definition) is 2. The number of rotatable bonds is 4. The molecule has 23 heavy (non-hydrogen) atoms. The summed E-state index contributed by atoms with van der Waals surface area (Å²) in [5.41, 5.74) is 8.47. The van der Waals surface area contributed by atoms with Gasteiger partial charge in [-0.3, -0.25) is 9.59 Å². The zero-order valence-electron chi connectivity index (χ0n) is 12.9. The van der Waals surface area contributed by atoms with Gasteiger partial charge in [0, 0.05) is 0 Å². The van der Waals surface area contributed by atoms with Gasteiger partial charge in [-0.1, -0.05) is 54.6 Å². The van der Waals surface area contributed by atoms with Crippen LogP contribution >= 0.6 is 0 Å². The molecule has 3 rings (SSSR count). The van der Waals surface area contributed by atoms with Gasteiger partial charge in [0.05, 0.1) is 5.92 Å². The van der Waals surface area contributed by atoms with Gasteiger partial charge in [-0.25, -0.2) is 0 Å². The number of carbonyl (C=O) groups is 2. The fourth-order valence-corrected chi connectivity index (χ4v) is 3.23. The van der Waals surface area contributed by atoms with Gasteiger partial charge in [-0.2, -0.15) is 0 Å². The summed E-state index contributed by atoms with van der Waals surface area (Å²) in [4.78, 5) is 24.5. The molecule has 3 N–H and O–H groups in total. The second kappa shape index (κ2) is 6.65. The Morgan fingerprint density at radius 2 is 1.74 bits per heavy atom. The lowest BCUT2D eigenvalue weighted by atomic mass is 9.82. The van der Waals surface area contributed by atoms with E-state index >= 15 is 0 Å². The van der Waals surface area contributed by atoms with E-state index < -0.39 is 11.9 Å². The molecule has 2 amide bonds. The highest BCUT2D eigenvalue weighted by molar-refractivity contribution is 5.91. The highest BCUT2D eigenvalue weighted by Crippen LogP contribution is 2.32. The molecule has 0 bridgehead atoms. The van der Waals surface area contributed by atoms with E-state index in [9.17, 15) is 9.59 Å². The third-order valence-electron chi connectivity index (χ3n) is 4.39. The van der Waals surface area contributed by atoms with Crippen LogP contribution in [0, 0.1) is 0 Å². The Hall–Kier alpha value is -2.62. The maximum Gasteiger partial charge on any atom is 0.244 e. The molecule has 4 heteroatoms. The zero-order valence-corrected chi connectivity index (χ0v) is 12.9. The van der Waals surface area contributed by atoms with Crippen LogP contribution in [0.4, 0.5) is 0 Å². The average molecular weight is 308 g/mol. The van der Waals surface area contributed by atoms with Crippen molar-refractivity contribution in [2.45, 2.75) is 31.2 Å². The molecule has 118 valence electrons. The van der Waals surface area contributed by atoms with Gasteiger partial charge in [0.1, 0.15) is 6.04 Å². The summed E-state index contributed by atoms with van der Waals surface area (Å²) in [7, 11) is 0. The van der Waals surface area contributed by atoms with Crippen LogP contribution in [-0.2, 0) is 16.0 Å². The van der Waals surface area contributed by atoms with Crippen LogP contribution in [0.5, 0.6) is 0 Å².